The van der Waals surface area contributed by atoms with E-state index >= 15 is 0 Å². The van der Waals surface area contributed by atoms with E-state index in [1.807, 2.05) is 6.07 Å². The van der Waals surface area contributed by atoms with Gasteiger partial charge in [0, 0.05) is 18.2 Å². The maximum Gasteiger partial charge on any atom is 0.121 e. The Morgan fingerprint density at radius 3 is 2.94 bits per heavy atom. The van der Waals surface area contributed by atoms with Crippen molar-refractivity contribution in [3.05, 3.63) is 47.9 Å². The Morgan fingerprint density at radius 2 is 2.29 bits per heavy atom. The SMILES string of the molecule is COc1ccc(C#N)c(NCc2ccoc2)c1. The van der Waals surface area contributed by atoms with Crippen molar-refractivity contribution in [1.29, 1.82) is 5.26 Å². The molecule has 1 heterocycles. The fourth-order valence-corrected chi connectivity index (χ4v) is 1.48. The van der Waals surface area contributed by atoms with Crippen LogP contribution >= 0.6 is 0 Å². The zero-order valence-electron chi connectivity index (χ0n) is 9.43. The summed E-state index contributed by atoms with van der Waals surface area (Å²) in [7, 11) is 1.60. The van der Waals surface area contributed by atoms with Crippen molar-refractivity contribution in [3.63, 3.8) is 0 Å². The lowest BCUT2D eigenvalue weighted by molar-refractivity contribution is 0.415. The van der Waals surface area contributed by atoms with Crippen LogP contribution in [0.15, 0.2) is 41.2 Å². The summed E-state index contributed by atoms with van der Waals surface area (Å²) < 4.78 is 10.1. The molecule has 0 fully saturated rings. The van der Waals surface area contributed by atoms with Crippen LogP contribution in [0.4, 0.5) is 5.69 Å². The van der Waals surface area contributed by atoms with E-state index in [4.69, 9.17) is 14.4 Å². The molecule has 0 aliphatic carbocycles. The summed E-state index contributed by atoms with van der Waals surface area (Å²) in [4.78, 5) is 0. The van der Waals surface area contributed by atoms with E-state index in [1.54, 1.807) is 37.8 Å². The minimum Gasteiger partial charge on any atom is -0.497 e. The Hall–Kier alpha value is -2.41. The van der Waals surface area contributed by atoms with Crippen molar-refractivity contribution in [1.82, 2.24) is 0 Å². The van der Waals surface area contributed by atoms with Crippen molar-refractivity contribution in [2.75, 3.05) is 12.4 Å². The number of anilines is 1. The number of rotatable bonds is 4. The highest BCUT2D eigenvalue weighted by molar-refractivity contribution is 5.60. The normalized spacial score (nSPS) is 9.65. The van der Waals surface area contributed by atoms with E-state index in [-0.39, 0.29) is 0 Å². The van der Waals surface area contributed by atoms with Gasteiger partial charge in [0.2, 0.25) is 0 Å². The van der Waals surface area contributed by atoms with Gasteiger partial charge in [-0.15, -0.1) is 0 Å². The van der Waals surface area contributed by atoms with Gasteiger partial charge in [0.15, 0.2) is 0 Å². The molecule has 0 aliphatic heterocycles. The minimum absolute atomic E-state index is 0.592. The van der Waals surface area contributed by atoms with Gasteiger partial charge in [-0.3, -0.25) is 0 Å². The summed E-state index contributed by atoms with van der Waals surface area (Å²) in [6.07, 6.45) is 3.28. The molecule has 1 N–H and O–H groups in total. The molecule has 0 atom stereocenters. The number of nitriles is 1. The molecule has 1 aromatic carbocycles. The zero-order chi connectivity index (χ0) is 12.1. The van der Waals surface area contributed by atoms with Crippen LogP contribution in [0.3, 0.4) is 0 Å². The molecule has 2 aromatic rings. The molecule has 0 amide bonds. The van der Waals surface area contributed by atoms with Crippen LogP contribution in [0.25, 0.3) is 0 Å². The second kappa shape index (κ2) is 5.08. The Kier molecular flexibility index (Phi) is 3.31. The zero-order valence-corrected chi connectivity index (χ0v) is 9.43. The predicted molar refractivity (Wildman–Crippen MR) is 63.7 cm³/mol. The van der Waals surface area contributed by atoms with Crippen molar-refractivity contribution in [2.45, 2.75) is 6.54 Å². The fraction of sp³-hybridized carbons (Fsp3) is 0.154. The highest BCUT2D eigenvalue weighted by Gasteiger charge is 2.04. The number of ether oxygens (including phenoxy) is 1. The summed E-state index contributed by atoms with van der Waals surface area (Å²) in [5.74, 6) is 0.721. The van der Waals surface area contributed by atoms with Gasteiger partial charge in [-0.25, -0.2) is 0 Å². The molecule has 0 saturated carbocycles. The van der Waals surface area contributed by atoms with E-state index in [0.29, 0.717) is 12.1 Å². The minimum atomic E-state index is 0.592. The molecular formula is C13H12N2O2. The molecule has 4 heteroatoms. The first-order valence-electron chi connectivity index (χ1n) is 5.16. The molecule has 4 nitrogen and oxygen atoms in total. The number of hydrogen-bond donors (Lipinski definition) is 1. The molecule has 86 valence electrons. The van der Waals surface area contributed by atoms with Crippen LogP contribution < -0.4 is 10.1 Å². The molecule has 0 saturated heterocycles. The predicted octanol–water partition coefficient (Wildman–Crippen LogP) is 2.77. The summed E-state index contributed by atoms with van der Waals surface area (Å²) in [6, 6.07) is 9.31. The number of nitrogens with one attached hydrogen (secondary N) is 1. The largest absolute Gasteiger partial charge is 0.497 e. The molecule has 0 spiro atoms. The summed E-state index contributed by atoms with van der Waals surface area (Å²) in [5, 5.41) is 12.2. The number of furan rings is 1. The first-order chi connectivity index (χ1) is 8.33. The molecule has 1 aromatic heterocycles. The Bertz CT molecular complexity index is 527. The summed E-state index contributed by atoms with van der Waals surface area (Å²) in [6.45, 7) is 0.609. The molecule has 0 radical (unpaired) electrons. The molecule has 0 aliphatic rings. The van der Waals surface area contributed by atoms with E-state index in [0.717, 1.165) is 17.0 Å². The second-order valence-electron chi connectivity index (χ2n) is 3.51. The standard InChI is InChI=1S/C13H12N2O2/c1-16-12-3-2-11(7-14)13(6-12)15-8-10-4-5-17-9-10/h2-6,9,15H,8H2,1H3. The van der Waals surface area contributed by atoms with Gasteiger partial charge in [-0.05, 0) is 18.2 Å². The third-order valence-electron chi connectivity index (χ3n) is 2.41. The van der Waals surface area contributed by atoms with Crippen LogP contribution in [0.2, 0.25) is 0 Å². The Balaban J connectivity index is 2.16. The van der Waals surface area contributed by atoms with Gasteiger partial charge in [0.25, 0.3) is 0 Å². The molecule has 0 unspecified atom stereocenters. The highest BCUT2D eigenvalue weighted by atomic mass is 16.5. The maximum absolute atomic E-state index is 8.99. The first kappa shape index (κ1) is 11.1. The summed E-state index contributed by atoms with van der Waals surface area (Å²) in [5.41, 5.74) is 2.37. The lowest BCUT2D eigenvalue weighted by Gasteiger charge is -2.08. The van der Waals surface area contributed by atoms with Crippen molar-refractivity contribution in [3.8, 4) is 11.8 Å². The van der Waals surface area contributed by atoms with Gasteiger partial charge in [0.05, 0.1) is 30.9 Å². The number of nitrogens with zero attached hydrogens (tertiary/aromatic N) is 1. The molecular weight excluding hydrogens is 216 g/mol. The van der Waals surface area contributed by atoms with Crippen molar-refractivity contribution in [2.24, 2.45) is 0 Å². The quantitative estimate of drug-likeness (QED) is 0.874. The van der Waals surface area contributed by atoms with E-state index in [1.165, 1.54) is 0 Å². The van der Waals surface area contributed by atoms with Gasteiger partial charge < -0.3 is 14.5 Å². The first-order valence-corrected chi connectivity index (χ1v) is 5.16. The smallest absolute Gasteiger partial charge is 0.121 e. The third kappa shape index (κ3) is 2.58. The lowest BCUT2D eigenvalue weighted by atomic mass is 10.2. The van der Waals surface area contributed by atoms with Crippen molar-refractivity contribution >= 4 is 5.69 Å². The highest BCUT2D eigenvalue weighted by Crippen LogP contribution is 2.22. The Labute approximate surface area is 99.4 Å². The monoisotopic (exact) mass is 228 g/mol. The average Bonchev–Trinajstić information content (AvgIpc) is 2.89. The fourth-order valence-electron chi connectivity index (χ4n) is 1.48. The Morgan fingerprint density at radius 1 is 1.41 bits per heavy atom. The topological polar surface area (TPSA) is 58.2 Å². The van der Waals surface area contributed by atoms with Crippen LogP contribution in [-0.2, 0) is 6.54 Å². The molecule has 2 rings (SSSR count). The average molecular weight is 228 g/mol. The van der Waals surface area contributed by atoms with Gasteiger partial charge in [-0.2, -0.15) is 5.26 Å². The molecule has 0 bridgehead atoms. The second-order valence-corrected chi connectivity index (χ2v) is 3.51. The van der Waals surface area contributed by atoms with E-state index in [2.05, 4.69) is 11.4 Å². The number of benzene rings is 1. The van der Waals surface area contributed by atoms with E-state index in [9.17, 15) is 0 Å². The van der Waals surface area contributed by atoms with Gasteiger partial charge >= 0.3 is 0 Å². The van der Waals surface area contributed by atoms with Crippen LogP contribution in [-0.4, -0.2) is 7.11 Å². The number of methoxy groups -OCH3 is 1. The van der Waals surface area contributed by atoms with E-state index < -0.39 is 0 Å². The third-order valence-corrected chi connectivity index (χ3v) is 2.41. The van der Waals surface area contributed by atoms with Crippen LogP contribution in [0, 0.1) is 11.3 Å². The maximum atomic E-state index is 8.99. The van der Waals surface area contributed by atoms with Gasteiger partial charge in [0.1, 0.15) is 11.8 Å². The number of hydrogen-bond acceptors (Lipinski definition) is 4. The van der Waals surface area contributed by atoms with Gasteiger partial charge in [-0.1, -0.05) is 0 Å². The van der Waals surface area contributed by atoms with Crippen LogP contribution in [0.5, 0.6) is 5.75 Å². The summed E-state index contributed by atoms with van der Waals surface area (Å²) >= 11 is 0. The molecule has 17 heavy (non-hydrogen) atoms. The lowest BCUT2D eigenvalue weighted by Crippen LogP contribution is -2.00. The van der Waals surface area contributed by atoms with Crippen molar-refractivity contribution < 1.29 is 9.15 Å². The van der Waals surface area contributed by atoms with Crippen LogP contribution in [0.1, 0.15) is 11.1 Å².